The first-order valence-corrected chi connectivity index (χ1v) is 4.00. The van der Waals surface area contributed by atoms with Gasteiger partial charge in [0, 0.05) is 0 Å². The fourth-order valence-corrected chi connectivity index (χ4v) is 1.31. The molecule has 0 aromatic carbocycles. The zero-order valence-electron chi connectivity index (χ0n) is 5.64. The molecule has 0 radical (unpaired) electrons. The summed E-state index contributed by atoms with van der Waals surface area (Å²) in [4.78, 5) is 12.7. The minimum atomic E-state index is -2.69. The number of hydrogen-bond acceptors (Lipinski definition) is 2. The lowest BCUT2D eigenvalue weighted by molar-refractivity contribution is 0.149. The van der Waals surface area contributed by atoms with E-state index in [9.17, 15) is 13.6 Å². The average molecular weight is 287 g/mol. The molecule has 0 atom stereocenters. The van der Waals surface area contributed by atoms with Crippen molar-refractivity contribution < 1.29 is 13.9 Å². The highest BCUT2D eigenvalue weighted by Gasteiger charge is 2.14. The maximum Gasteiger partial charge on any atom is 0.290 e. The molecule has 0 amide bonds. The zero-order chi connectivity index (χ0) is 9.30. The van der Waals surface area contributed by atoms with E-state index in [1.54, 1.807) is 22.6 Å². The molecule has 0 aliphatic carbocycles. The number of hydrogen-bond donors (Lipinski definition) is 2. The van der Waals surface area contributed by atoms with E-state index >= 15 is 0 Å². The third-order valence-electron chi connectivity index (χ3n) is 1.24. The van der Waals surface area contributed by atoms with Crippen LogP contribution in [0, 0.1) is 3.70 Å². The van der Waals surface area contributed by atoms with Crippen LogP contribution in [0.25, 0.3) is 0 Å². The number of halogens is 3. The smallest absolute Gasteiger partial charge is 0.290 e. The van der Waals surface area contributed by atoms with Crippen LogP contribution in [0.1, 0.15) is 12.0 Å². The highest BCUT2D eigenvalue weighted by Crippen LogP contribution is 2.23. The van der Waals surface area contributed by atoms with E-state index in [0.29, 0.717) is 0 Å². The molecule has 0 saturated heterocycles. The second kappa shape index (κ2) is 3.38. The summed E-state index contributed by atoms with van der Waals surface area (Å²) in [7, 11) is 0. The normalized spacial score (nSPS) is 10.7. The number of rotatable bonds is 1. The fraction of sp³-hybridized carbons (Fsp3) is 0.167. The van der Waals surface area contributed by atoms with Crippen LogP contribution in [0.2, 0.25) is 0 Å². The second-order valence-electron chi connectivity index (χ2n) is 2.05. The Balaban J connectivity index is 3.33. The van der Waals surface area contributed by atoms with Crippen molar-refractivity contribution in [1.82, 2.24) is 4.98 Å². The number of pyridine rings is 1. The third kappa shape index (κ3) is 1.74. The van der Waals surface area contributed by atoms with Gasteiger partial charge in [0.1, 0.15) is 0 Å². The van der Waals surface area contributed by atoms with Gasteiger partial charge in [-0.2, -0.15) is 0 Å². The summed E-state index contributed by atoms with van der Waals surface area (Å²) < 4.78 is 24.2. The van der Waals surface area contributed by atoms with Gasteiger partial charge in [0.25, 0.3) is 12.0 Å². The Bertz CT molecular complexity index is 350. The monoisotopic (exact) mass is 287 g/mol. The molecular formula is C6H4F2INO2. The lowest BCUT2D eigenvalue weighted by Crippen LogP contribution is -2.09. The van der Waals surface area contributed by atoms with Crippen LogP contribution in [-0.4, -0.2) is 10.1 Å². The summed E-state index contributed by atoms with van der Waals surface area (Å²) >= 11 is 1.57. The Labute approximate surface area is 79.6 Å². The van der Waals surface area contributed by atoms with Gasteiger partial charge in [-0.25, -0.2) is 8.78 Å². The van der Waals surface area contributed by atoms with Crippen molar-refractivity contribution >= 4 is 22.6 Å². The largest absolute Gasteiger partial charge is 0.503 e. The first-order chi connectivity index (χ1) is 5.52. The molecule has 12 heavy (non-hydrogen) atoms. The van der Waals surface area contributed by atoms with Crippen LogP contribution in [-0.2, 0) is 0 Å². The molecule has 0 aliphatic heterocycles. The number of H-pyrrole nitrogens is 1. The zero-order valence-corrected chi connectivity index (χ0v) is 7.80. The molecule has 3 nitrogen and oxygen atoms in total. The average Bonchev–Trinajstić information content (AvgIpc) is 1.96. The first-order valence-electron chi connectivity index (χ1n) is 2.92. The fourth-order valence-electron chi connectivity index (χ4n) is 0.671. The van der Waals surface area contributed by atoms with Crippen LogP contribution >= 0.6 is 22.6 Å². The summed E-state index contributed by atoms with van der Waals surface area (Å²) in [6.07, 6.45) is -2.69. The molecule has 66 valence electrons. The molecule has 2 N–H and O–H groups in total. The molecule has 0 saturated carbocycles. The predicted molar refractivity (Wildman–Crippen MR) is 46.4 cm³/mol. The predicted octanol–water partition coefficient (Wildman–Crippen LogP) is 1.62. The van der Waals surface area contributed by atoms with Gasteiger partial charge < -0.3 is 10.1 Å². The minimum Gasteiger partial charge on any atom is -0.503 e. The Hall–Kier alpha value is -0.660. The first kappa shape index (κ1) is 9.43. The Morgan fingerprint density at radius 2 is 2.17 bits per heavy atom. The number of aromatic nitrogens is 1. The molecule has 0 fully saturated rings. The standard InChI is InChI=1S/C6H4F2INO2/c7-4(8)2-1-3(11)6(12)10-5(2)9/h1,4,11H,(H,10,12). The van der Waals surface area contributed by atoms with Gasteiger partial charge in [-0.1, -0.05) is 0 Å². The van der Waals surface area contributed by atoms with E-state index in [1.165, 1.54) is 0 Å². The summed E-state index contributed by atoms with van der Waals surface area (Å²) in [5.74, 6) is -0.689. The molecule has 1 heterocycles. The van der Waals surface area contributed by atoms with Crippen molar-refractivity contribution in [1.29, 1.82) is 0 Å². The van der Waals surface area contributed by atoms with Crippen molar-refractivity contribution in [2.24, 2.45) is 0 Å². The van der Waals surface area contributed by atoms with Crippen LogP contribution in [0.15, 0.2) is 10.9 Å². The molecule has 1 aromatic heterocycles. The Kier molecular flexibility index (Phi) is 2.65. The molecule has 0 bridgehead atoms. The van der Waals surface area contributed by atoms with Gasteiger partial charge in [-0.05, 0) is 28.7 Å². The number of aromatic amines is 1. The van der Waals surface area contributed by atoms with E-state index in [1.807, 2.05) is 0 Å². The van der Waals surface area contributed by atoms with Crippen LogP contribution < -0.4 is 5.56 Å². The van der Waals surface area contributed by atoms with Crippen molar-refractivity contribution in [3.05, 3.63) is 25.7 Å². The Morgan fingerprint density at radius 1 is 1.58 bits per heavy atom. The van der Waals surface area contributed by atoms with E-state index in [2.05, 4.69) is 4.98 Å². The summed E-state index contributed by atoms with van der Waals surface area (Å²) in [5.41, 5.74) is -1.13. The van der Waals surface area contributed by atoms with Crippen LogP contribution in [0.4, 0.5) is 8.78 Å². The van der Waals surface area contributed by atoms with Crippen LogP contribution in [0.3, 0.4) is 0 Å². The van der Waals surface area contributed by atoms with E-state index < -0.39 is 17.7 Å². The van der Waals surface area contributed by atoms with Crippen molar-refractivity contribution in [2.45, 2.75) is 6.43 Å². The Morgan fingerprint density at radius 3 is 2.67 bits per heavy atom. The molecule has 6 heteroatoms. The molecule has 1 aromatic rings. The third-order valence-corrected chi connectivity index (χ3v) is 2.13. The van der Waals surface area contributed by atoms with Gasteiger partial charge in [0.05, 0.1) is 9.26 Å². The maximum atomic E-state index is 12.1. The van der Waals surface area contributed by atoms with Crippen LogP contribution in [0.5, 0.6) is 5.75 Å². The summed E-state index contributed by atoms with van der Waals surface area (Å²) in [5, 5.41) is 8.79. The highest BCUT2D eigenvalue weighted by molar-refractivity contribution is 14.1. The molecule has 0 spiro atoms. The highest BCUT2D eigenvalue weighted by atomic mass is 127. The molecular weight excluding hydrogens is 283 g/mol. The van der Waals surface area contributed by atoms with E-state index in [0.717, 1.165) is 6.07 Å². The van der Waals surface area contributed by atoms with Gasteiger partial charge in [0.15, 0.2) is 5.75 Å². The van der Waals surface area contributed by atoms with Gasteiger partial charge >= 0.3 is 0 Å². The number of nitrogens with one attached hydrogen (secondary N) is 1. The number of alkyl halides is 2. The van der Waals surface area contributed by atoms with E-state index in [4.69, 9.17) is 5.11 Å². The second-order valence-corrected chi connectivity index (χ2v) is 3.13. The topological polar surface area (TPSA) is 53.1 Å². The summed E-state index contributed by atoms with van der Waals surface area (Å²) in [6, 6.07) is 0.769. The lowest BCUT2D eigenvalue weighted by Gasteiger charge is -2.02. The molecule has 0 aliphatic rings. The van der Waals surface area contributed by atoms with Gasteiger partial charge in [-0.3, -0.25) is 4.79 Å². The number of aromatic hydroxyl groups is 1. The lowest BCUT2D eigenvalue weighted by atomic mass is 10.3. The van der Waals surface area contributed by atoms with E-state index in [-0.39, 0.29) is 9.26 Å². The quantitative estimate of drug-likeness (QED) is 0.609. The van der Waals surface area contributed by atoms with Crippen molar-refractivity contribution in [3.8, 4) is 5.75 Å². The molecule has 0 unspecified atom stereocenters. The van der Waals surface area contributed by atoms with Crippen molar-refractivity contribution in [3.63, 3.8) is 0 Å². The van der Waals surface area contributed by atoms with Crippen molar-refractivity contribution in [2.75, 3.05) is 0 Å². The van der Waals surface area contributed by atoms with Gasteiger partial charge in [-0.15, -0.1) is 0 Å². The SMILES string of the molecule is O=c1[nH]c(I)c(C(F)F)cc1O. The maximum absolute atomic E-state index is 12.1. The molecule has 1 rings (SSSR count). The summed E-state index contributed by atoms with van der Waals surface area (Å²) in [6.45, 7) is 0. The minimum absolute atomic E-state index is 0.0467. The van der Waals surface area contributed by atoms with Gasteiger partial charge in [0.2, 0.25) is 0 Å².